The van der Waals surface area contributed by atoms with Crippen molar-refractivity contribution in [3.05, 3.63) is 35.4 Å². The first kappa shape index (κ1) is 13.2. The third-order valence-corrected chi connectivity index (χ3v) is 2.40. The molecule has 0 aliphatic carbocycles. The number of amides is 1. The molecule has 0 spiro atoms. The number of carbonyl (C=O) groups excluding carboxylic acids is 2. The Kier molecular flexibility index (Phi) is 4.69. The Balaban J connectivity index is 2.93. The SMILES string of the molecule is CCC(=O)OC(C(=O)NC)c1ccc(C)cc1. The average molecular weight is 235 g/mol. The summed E-state index contributed by atoms with van der Waals surface area (Å²) in [6, 6.07) is 7.34. The Morgan fingerprint density at radius 1 is 1.29 bits per heavy atom. The highest BCUT2D eigenvalue weighted by Gasteiger charge is 2.23. The largest absolute Gasteiger partial charge is 0.447 e. The molecule has 1 aromatic rings. The first-order valence-electron chi connectivity index (χ1n) is 5.56. The van der Waals surface area contributed by atoms with Crippen LogP contribution in [0, 0.1) is 6.92 Å². The van der Waals surface area contributed by atoms with E-state index in [0.29, 0.717) is 5.56 Å². The molecule has 1 aromatic carbocycles. The van der Waals surface area contributed by atoms with Gasteiger partial charge in [-0.2, -0.15) is 0 Å². The van der Waals surface area contributed by atoms with Gasteiger partial charge in [-0.1, -0.05) is 36.8 Å². The predicted molar refractivity (Wildman–Crippen MR) is 64.4 cm³/mol. The van der Waals surface area contributed by atoms with Crippen LogP contribution in [0.3, 0.4) is 0 Å². The summed E-state index contributed by atoms with van der Waals surface area (Å²) in [7, 11) is 1.52. The minimum atomic E-state index is -0.868. The molecule has 1 N–H and O–H groups in total. The van der Waals surface area contributed by atoms with Crippen LogP contribution in [0.5, 0.6) is 0 Å². The van der Waals surface area contributed by atoms with Gasteiger partial charge in [0.15, 0.2) is 0 Å². The molecule has 1 atom stereocenters. The number of ether oxygens (including phenoxy) is 1. The van der Waals surface area contributed by atoms with E-state index < -0.39 is 6.10 Å². The Morgan fingerprint density at radius 2 is 1.88 bits per heavy atom. The third kappa shape index (κ3) is 3.59. The summed E-state index contributed by atoms with van der Waals surface area (Å²) >= 11 is 0. The van der Waals surface area contributed by atoms with E-state index in [1.807, 2.05) is 19.1 Å². The molecule has 17 heavy (non-hydrogen) atoms. The minimum Gasteiger partial charge on any atom is -0.447 e. The molecular formula is C13H17NO3. The maximum Gasteiger partial charge on any atom is 0.306 e. The standard InChI is InChI=1S/C13H17NO3/c1-4-11(15)17-12(13(16)14-3)10-7-5-9(2)6-8-10/h5-8,12H,4H2,1-3H3,(H,14,16). The highest BCUT2D eigenvalue weighted by molar-refractivity contribution is 5.84. The van der Waals surface area contributed by atoms with Crippen LogP contribution < -0.4 is 5.32 Å². The van der Waals surface area contributed by atoms with Crippen LogP contribution in [0.25, 0.3) is 0 Å². The summed E-state index contributed by atoms with van der Waals surface area (Å²) in [5.41, 5.74) is 1.77. The Labute approximate surface area is 101 Å². The zero-order valence-corrected chi connectivity index (χ0v) is 10.3. The molecule has 0 saturated heterocycles. The van der Waals surface area contributed by atoms with Crippen molar-refractivity contribution < 1.29 is 14.3 Å². The normalized spacial score (nSPS) is 11.7. The van der Waals surface area contributed by atoms with E-state index >= 15 is 0 Å². The van der Waals surface area contributed by atoms with E-state index in [1.165, 1.54) is 7.05 Å². The lowest BCUT2D eigenvalue weighted by molar-refractivity contribution is -0.156. The molecule has 1 rings (SSSR count). The van der Waals surface area contributed by atoms with E-state index in [4.69, 9.17) is 4.74 Å². The average Bonchev–Trinajstić information content (AvgIpc) is 2.36. The van der Waals surface area contributed by atoms with Crippen LogP contribution in [0.2, 0.25) is 0 Å². The van der Waals surface area contributed by atoms with Crippen LogP contribution in [-0.4, -0.2) is 18.9 Å². The summed E-state index contributed by atoms with van der Waals surface area (Å²) in [4.78, 5) is 22.9. The van der Waals surface area contributed by atoms with Gasteiger partial charge in [-0.15, -0.1) is 0 Å². The van der Waals surface area contributed by atoms with E-state index in [0.717, 1.165) is 5.56 Å². The Bertz CT molecular complexity index is 398. The van der Waals surface area contributed by atoms with Gasteiger partial charge in [-0.05, 0) is 6.92 Å². The van der Waals surface area contributed by atoms with Gasteiger partial charge in [0, 0.05) is 19.0 Å². The first-order chi connectivity index (χ1) is 8.08. The number of esters is 1. The number of hydrogen-bond donors (Lipinski definition) is 1. The third-order valence-electron chi connectivity index (χ3n) is 2.40. The molecule has 4 heteroatoms. The van der Waals surface area contributed by atoms with Crippen molar-refractivity contribution in [1.29, 1.82) is 0 Å². The quantitative estimate of drug-likeness (QED) is 0.809. The van der Waals surface area contributed by atoms with E-state index in [1.54, 1.807) is 19.1 Å². The molecule has 0 radical (unpaired) electrons. The van der Waals surface area contributed by atoms with Crippen LogP contribution in [0.4, 0.5) is 0 Å². The zero-order valence-electron chi connectivity index (χ0n) is 10.3. The van der Waals surface area contributed by atoms with Crippen molar-refractivity contribution in [3.8, 4) is 0 Å². The molecule has 0 bridgehead atoms. The van der Waals surface area contributed by atoms with Crippen molar-refractivity contribution in [1.82, 2.24) is 5.32 Å². The fraction of sp³-hybridized carbons (Fsp3) is 0.385. The fourth-order valence-electron chi connectivity index (χ4n) is 1.36. The van der Waals surface area contributed by atoms with Crippen molar-refractivity contribution in [2.24, 2.45) is 0 Å². The van der Waals surface area contributed by atoms with Crippen molar-refractivity contribution >= 4 is 11.9 Å². The lowest BCUT2D eigenvalue weighted by Gasteiger charge is -2.16. The number of benzene rings is 1. The number of carbonyl (C=O) groups is 2. The van der Waals surface area contributed by atoms with Gasteiger partial charge in [0.2, 0.25) is 6.10 Å². The lowest BCUT2D eigenvalue weighted by atomic mass is 10.1. The molecule has 0 saturated carbocycles. The second-order valence-electron chi connectivity index (χ2n) is 3.75. The molecule has 0 aromatic heterocycles. The number of likely N-dealkylation sites (N-methyl/N-ethyl adjacent to an activating group) is 1. The highest BCUT2D eigenvalue weighted by Crippen LogP contribution is 2.19. The van der Waals surface area contributed by atoms with Gasteiger partial charge in [-0.25, -0.2) is 0 Å². The van der Waals surface area contributed by atoms with E-state index in [2.05, 4.69) is 5.32 Å². The number of aryl methyl sites for hydroxylation is 1. The summed E-state index contributed by atoms with van der Waals surface area (Å²) in [6.07, 6.45) is -0.618. The monoisotopic (exact) mass is 235 g/mol. The van der Waals surface area contributed by atoms with E-state index in [-0.39, 0.29) is 18.3 Å². The molecule has 0 heterocycles. The Morgan fingerprint density at radius 3 is 2.35 bits per heavy atom. The van der Waals surface area contributed by atoms with Crippen molar-refractivity contribution in [2.45, 2.75) is 26.4 Å². The smallest absolute Gasteiger partial charge is 0.306 e. The van der Waals surface area contributed by atoms with Crippen LogP contribution >= 0.6 is 0 Å². The van der Waals surface area contributed by atoms with Crippen LogP contribution in [0.15, 0.2) is 24.3 Å². The second-order valence-corrected chi connectivity index (χ2v) is 3.75. The van der Waals surface area contributed by atoms with Gasteiger partial charge < -0.3 is 10.1 Å². The molecule has 0 aliphatic rings. The molecular weight excluding hydrogens is 218 g/mol. The first-order valence-corrected chi connectivity index (χ1v) is 5.56. The molecule has 0 aliphatic heterocycles. The van der Waals surface area contributed by atoms with Gasteiger partial charge >= 0.3 is 5.97 Å². The second kappa shape index (κ2) is 6.03. The van der Waals surface area contributed by atoms with Gasteiger partial charge in [0.1, 0.15) is 0 Å². The van der Waals surface area contributed by atoms with Crippen LogP contribution in [0.1, 0.15) is 30.6 Å². The van der Waals surface area contributed by atoms with E-state index in [9.17, 15) is 9.59 Å². The molecule has 1 unspecified atom stereocenters. The maximum absolute atomic E-state index is 11.7. The summed E-state index contributed by atoms with van der Waals surface area (Å²) < 4.78 is 5.13. The number of nitrogens with one attached hydrogen (secondary N) is 1. The summed E-state index contributed by atoms with van der Waals surface area (Å²) in [6.45, 7) is 3.65. The van der Waals surface area contributed by atoms with Gasteiger partial charge in [-0.3, -0.25) is 9.59 Å². The van der Waals surface area contributed by atoms with Crippen LogP contribution in [-0.2, 0) is 14.3 Å². The number of rotatable bonds is 4. The predicted octanol–water partition coefficient (Wildman–Crippen LogP) is 1.74. The summed E-state index contributed by atoms with van der Waals surface area (Å²) in [5.74, 6) is -0.713. The fourth-order valence-corrected chi connectivity index (χ4v) is 1.36. The number of hydrogen-bond acceptors (Lipinski definition) is 3. The molecule has 4 nitrogen and oxygen atoms in total. The maximum atomic E-state index is 11.7. The summed E-state index contributed by atoms with van der Waals surface area (Å²) in [5, 5.41) is 2.49. The van der Waals surface area contributed by atoms with Gasteiger partial charge in [0.25, 0.3) is 5.91 Å². The molecule has 0 fully saturated rings. The topological polar surface area (TPSA) is 55.4 Å². The van der Waals surface area contributed by atoms with Crippen molar-refractivity contribution in [2.75, 3.05) is 7.05 Å². The van der Waals surface area contributed by atoms with Crippen molar-refractivity contribution in [3.63, 3.8) is 0 Å². The minimum absolute atomic E-state index is 0.249. The zero-order chi connectivity index (χ0) is 12.8. The van der Waals surface area contributed by atoms with Gasteiger partial charge in [0.05, 0.1) is 0 Å². The molecule has 1 amide bonds. The Hall–Kier alpha value is -1.84. The molecule has 92 valence electrons. The lowest BCUT2D eigenvalue weighted by Crippen LogP contribution is -2.29. The highest BCUT2D eigenvalue weighted by atomic mass is 16.5.